The molecule has 17 heavy (non-hydrogen) atoms. The van der Waals surface area contributed by atoms with Gasteiger partial charge in [-0.25, -0.2) is 4.39 Å². The van der Waals surface area contributed by atoms with Crippen molar-refractivity contribution < 1.29 is 9.13 Å². The zero-order valence-corrected chi connectivity index (χ0v) is 10.9. The van der Waals surface area contributed by atoms with Crippen LogP contribution in [0.15, 0.2) is 18.2 Å². The fourth-order valence-corrected chi connectivity index (χ4v) is 2.47. The molecule has 2 atom stereocenters. The Morgan fingerprint density at radius 2 is 2.12 bits per heavy atom. The van der Waals surface area contributed by atoms with E-state index in [1.807, 2.05) is 14.0 Å². The Morgan fingerprint density at radius 3 is 2.65 bits per heavy atom. The third kappa shape index (κ3) is 2.16. The number of nitrogens with one attached hydrogen (secondary N) is 1. The second-order valence-corrected chi connectivity index (χ2v) is 5.41. The standard InChI is InChI=1S/C14H20FNO/c1-9-7-10(15)5-6-11(9)17-13-8-12(16-4)14(13,2)3/h5-7,12-13,16H,8H2,1-4H3. The number of hydrogen-bond acceptors (Lipinski definition) is 2. The average molecular weight is 237 g/mol. The topological polar surface area (TPSA) is 21.3 Å². The van der Waals surface area contributed by atoms with E-state index in [1.165, 1.54) is 12.1 Å². The first-order chi connectivity index (χ1) is 7.95. The molecular formula is C14H20FNO. The molecule has 0 aromatic heterocycles. The molecule has 1 aliphatic carbocycles. The highest BCUT2D eigenvalue weighted by Crippen LogP contribution is 2.43. The lowest BCUT2D eigenvalue weighted by molar-refractivity contribution is -0.0524. The molecule has 0 bridgehead atoms. The Kier molecular flexibility index (Phi) is 3.13. The predicted molar refractivity (Wildman–Crippen MR) is 66.8 cm³/mol. The van der Waals surface area contributed by atoms with Crippen LogP contribution in [0.1, 0.15) is 25.8 Å². The van der Waals surface area contributed by atoms with E-state index in [4.69, 9.17) is 4.74 Å². The summed E-state index contributed by atoms with van der Waals surface area (Å²) in [6.45, 7) is 6.27. The third-order valence-corrected chi connectivity index (χ3v) is 3.93. The molecule has 2 unspecified atom stereocenters. The zero-order chi connectivity index (χ0) is 12.6. The molecule has 94 valence electrons. The van der Waals surface area contributed by atoms with Gasteiger partial charge >= 0.3 is 0 Å². The van der Waals surface area contributed by atoms with Crippen LogP contribution in [0.2, 0.25) is 0 Å². The van der Waals surface area contributed by atoms with Crippen LogP contribution in [0.3, 0.4) is 0 Å². The summed E-state index contributed by atoms with van der Waals surface area (Å²) < 4.78 is 19.0. The van der Waals surface area contributed by atoms with Crippen molar-refractivity contribution in [1.29, 1.82) is 0 Å². The van der Waals surface area contributed by atoms with Crippen LogP contribution in [-0.2, 0) is 0 Å². The highest BCUT2D eigenvalue weighted by molar-refractivity contribution is 5.33. The summed E-state index contributed by atoms with van der Waals surface area (Å²) in [7, 11) is 1.98. The number of benzene rings is 1. The number of rotatable bonds is 3. The zero-order valence-electron chi connectivity index (χ0n) is 10.9. The number of ether oxygens (including phenoxy) is 1. The average Bonchev–Trinajstić information content (AvgIpc) is 2.26. The predicted octanol–water partition coefficient (Wildman–Crippen LogP) is 2.90. The van der Waals surface area contributed by atoms with Crippen molar-refractivity contribution in [3.05, 3.63) is 29.6 Å². The third-order valence-electron chi connectivity index (χ3n) is 3.93. The van der Waals surface area contributed by atoms with E-state index < -0.39 is 0 Å². The maximum Gasteiger partial charge on any atom is 0.123 e. The summed E-state index contributed by atoms with van der Waals surface area (Å²) in [6.07, 6.45) is 1.20. The van der Waals surface area contributed by atoms with Gasteiger partial charge in [-0.2, -0.15) is 0 Å². The lowest BCUT2D eigenvalue weighted by atomic mass is 9.64. The molecule has 1 aromatic rings. The molecule has 1 fully saturated rings. The van der Waals surface area contributed by atoms with Gasteiger partial charge in [0.1, 0.15) is 17.7 Å². The summed E-state index contributed by atoms with van der Waals surface area (Å²) in [5, 5.41) is 3.29. The van der Waals surface area contributed by atoms with Gasteiger partial charge in [0, 0.05) is 17.9 Å². The smallest absolute Gasteiger partial charge is 0.123 e. The molecule has 0 spiro atoms. The van der Waals surface area contributed by atoms with Crippen molar-refractivity contribution in [2.45, 2.75) is 39.3 Å². The monoisotopic (exact) mass is 237 g/mol. The summed E-state index contributed by atoms with van der Waals surface area (Å²) in [5.41, 5.74) is 0.976. The van der Waals surface area contributed by atoms with Gasteiger partial charge in [0.05, 0.1) is 0 Å². The largest absolute Gasteiger partial charge is 0.489 e. The SMILES string of the molecule is CNC1CC(Oc2ccc(F)cc2C)C1(C)C. The first-order valence-corrected chi connectivity index (χ1v) is 6.05. The van der Waals surface area contributed by atoms with Crippen LogP contribution < -0.4 is 10.1 Å². The summed E-state index contributed by atoms with van der Waals surface area (Å²) in [4.78, 5) is 0. The Labute approximate surface area is 102 Å². The van der Waals surface area contributed by atoms with Crippen LogP contribution in [0.4, 0.5) is 4.39 Å². The summed E-state index contributed by atoms with van der Waals surface area (Å²) >= 11 is 0. The van der Waals surface area contributed by atoms with E-state index in [1.54, 1.807) is 6.07 Å². The number of hydrogen-bond donors (Lipinski definition) is 1. The molecule has 1 aliphatic rings. The summed E-state index contributed by atoms with van der Waals surface area (Å²) in [6, 6.07) is 5.17. The molecule has 2 nitrogen and oxygen atoms in total. The van der Waals surface area contributed by atoms with E-state index in [9.17, 15) is 4.39 Å². The summed E-state index contributed by atoms with van der Waals surface area (Å²) in [5.74, 6) is 0.579. The second kappa shape index (κ2) is 4.30. The first-order valence-electron chi connectivity index (χ1n) is 6.05. The maximum absolute atomic E-state index is 13.0. The minimum Gasteiger partial charge on any atom is -0.489 e. The molecular weight excluding hydrogens is 217 g/mol. The van der Waals surface area contributed by atoms with Crippen molar-refractivity contribution in [2.75, 3.05) is 7.05 Å². The van der Waals surface area contributed by atoms with Crippen LogP contribution in [-0.4, -0.2) is 19.2 Å². The molecule has 0 saturated heterocycles. The van der Waals surface area contributed by atoms with E-state index in [-0.39, 0.29) is 17.3 Å². The molecule has 0 aliphatic heterocycles. The van der Waals surface area contributed by atoms with E-state index in [0.29, 0.717) is 6.04 Å². The van der Waals surface area contributed by atoms with Gasteiger partial charge in [0.25, 0.3) is 0 Å². The Hall–Kier alpha value is -1.09. The van der Waals surface area contributed by atoms with E-state index in [2.05, 4.69) is 19.2 Å². The molecule has 1 saturated carbocycles. The van der Waals surface area contributed by atoms with Gasteiger partial charge in [-0.05, 0) is 37.7 Å². The highest BCUT2D eigenvalue weighted by Gasteiger charge is 2.49. The fraction of sp³-hybridized carbons (Fsp3) is 0.571. The van der Waals surface area contributed by atoms with Crippen molar-refractivity contribution in [2.24, 2.45) is 5.41 Å². The van der Waals surface area contributed by atoms with Crippen molar-refractivity contribution in [3.8, 4) is 5.75 Å². The van der Waals surface area contributed by atoms with Crippen LogP contribution >= 0.6 is 0 Å². The quantitative estimate of drug-likeness (QED) is 0.872. The maximum atomic E-state index is 13.0. The normalized spacial score (nSPS) is 26.4. The lowest BCUT2D eigenvalue weighted by Gasteiger charge is -2.51. The first kappa shape index (κ1) is 12.4. The van der Waals surface area contributed by atoms with Gasteiger partial charge in [-0.3, -0.25) is 0 Å². The number of halogens is 1. The molecule has 0 heterocycles. The molecule has 2 rings (SSSR count). The minimum atomic E-state index is -0.212. The highest BCUT2D eigenvalue weighted by atomic mass is 19.1. The molecule has 0 radical (unpaired) electrons. The Bertz CT molecular complexity index is 417. The van der Waals surface area contributed by atoms with E-state index in [0.717, 1.165) is 17.7 Å². The van der Waals surface area contributed by atoms with Crippen molar-refractivity contribution >= 4 is 0 Å². The van der Waals surface area contributed by atoms with Gasteiger partial charge in [0.2, 0.25) is 0 Å². The van der Waals surface area contributed by atoms with Crippen LogP contribution in [0, 0.1) is 18.2 Å². The Balaban J connectivity index is 2.08. The van der Waals surface area contributed by atoms with Gasteiger partial charge < -0.3 is 10.1 Å². The second-order valence-electron chi connectivity index (χ2n) is 5.41. The van der Waals surface area contributed by atoms with Crippen LogP contribution in [0.25, 0.3) is 0 Å². The van der Waals surface area contributed by atoms with Crippen molar-refractivity contribution in [3.63, 3.8) is 0 Å². The van der Waals surface area contributed by atoms with Gasteiger partial charge in [-0.15, -0.1) is 0 Å². The van der Waals surface area contributed by atoms with Crippen LogP contribution in [0.5, 0.6) is 5.75 Å². The molecule has 1 N–H and O–H groups in total. The van der Waals surface area contributed by atoms with E-state index >= 15 is 0 Å². The molecule has 0 amide bonds. The number of aryl methyl sites for hydroxylation is 1. The molecule has 3 heteroatoms. The minimum absolute atomic E-state index is 0.121. The van der Waals surface area contributed by atoms with Crippen molar-refractivity contribution in [1.82, 2.24) is 5.32 Å². The molecule has 1 aromatic carbocycles. The van der Waals surface area contributed by atoms with Gasteiger partial charge in [-0.1, -0.05) is 13.8 Å². The van der Waals surface area contributed by atoms with Gasteiger partial charge in [0.15, 0.2) is 0 Å². The lowest BCUT2D eigenvalue weighted by Crippen LogP contribution is -2.61. The fourth-order valence-electron chi connectivity index (χ4n) is 2.47. The Morgan fingerprint density at radius 1 is 1.41 bits per heavy atom.